The summed E-state index contributed by atoms with van der Waals surface area (Å²) < 4.78 is 14.0. The summed E-state index contributed by atoms with van der Waals surface area (Å²) in [6.07, 6.45) is 2.76. The van der Waals surface area contributed by atoms with E-state index in [4.69, 9.17) is 12.2 Å². The third-order valence-corrected chi connectivity index (χ3v) is 5.01. The lowest BCUT2D eigenvalue weighted by Crippen LogP contribution is -2.29. The molecule has 1 aliphatic heterocycles. The van der Waals surface area contributed by atoms with Gasteiger partial charge in [0.05, 0.1) is 5.75 Å². The van der Waals surface area contributed by atoms with Crippen molar-refractivity contribution in [1.82, 2.24) is 4.90 Å². The molecule has 0 saturated carbocycles. The highest BCUT2D eigenvalue weighted by molar-refractivity contribution is 8.23. The second-order valence-corrected chi connectivity index (χ2v) is 7.03. The summed E-state index contributed by atoms with van der Waals surface area (Å²) in [5.41, 5.74) is 1.03. The van der Waals surface area contributed by atoms with Gasteiger partial charge in [-0.1, -0.05) is 36.5 Å². The van der Waals surface area contributed by atoms with Gasteiger partial charge in [-0.05, 0) is 37.5 Å². The topological polar surface area (TPSA) is 49.4 Å². The van der Waals surface area contributed by atoms with Gasteiger partial charge in [0.25, 0.3) is 0 Å². The van der Waals surface area contributed by atoms with Crippen molar-refractivity contribution >= 4 is 45.8 Å². The molecule has 1 fully saturated rings. The van der Waals surface area contributed by atoms with Gasteiger partial charge in [-0.3, -0.25) is 14.5 Å². The Bertz CT molecular complexity index is 606. The highest BCUT2D eigenvalue weighted by atomic mass is 32.2. The van der Waals surface area contributed by atoms with E-state index in [0.717, 1.165) is 19.3 Å². The van der Waals surface area contributed by atoms with E-state index >= 15 is 0 Å². The molecule has 1 saturated heterocycles. The number of benzene rings is 1. The third kappa shape index (κ3) is 5.28. The predicted molar refractivity (Wildman–Crippen MR) is 95.0 cm³/mol. The van der Waals surface area contributed by atoms with Crippen LogP contribution in [0.2, 0.25) is 0 Å². The van der Waals surface area contributed by atoms with Crippen molar-refractivity contribution in [3.8, 4) is 0 Å². The maximum atomic E-state index is 13.4. The monoisotopic (exact) mass is 354 g/mol. The molecule has 1 aromatic carbocycles. The number of hydrogen-bond donors (Lipinski definition) is 1. The van der Waals surface area contributed by atoms with Crippen LogP contribution in [0.15, 0.2) is 18.2 Å². The smallest absolute Gasteiger partial charge is 0.238 e. The highest BCUT2D eigenvalue weighted by Gasteiger charge is 2.25. The highest BCUT2D eigenvalue weighted by Crippen LogP contribution is 2.20. The Morgan fingerprint density at radius 3 is 2.83 bits per heavy atom. The van der Waals surface area contributed by atoms with Gasteiger partial charge >= 0.3 is 0 Å². The zero-order valence-corrected chi connectivity index (χ0v) is 14.6. The van der Waals surface area contributed by atoms with Crippen molar-refractivity contribution in [2.75, 3.05) is 17.6 Å². The van der Waals surface area contributed by atoms with Crippen LogP contribution in [0, 0.1) is 12.7 Å². The number of unbranched alkanes of at least 4 members (excludes halogenated alkanes) is 2. The van der Waals surface area contributed by atoms with Crippen LogP contribution < -0.4 is 5.32 Å². The minimum absolute atomic E-state index is 0.0686. The van der Waals surface area contributed by atoms with E-state index in [0.29, 0.717) is 34.3 Å². The summed E-state index contributed by atoms with van der Waals surface area (Å²) in [5.74, 6) is 0.0524. The molecule has 0 spiro atoms. The number of carbonyl (C=O) groups is 2. The Balaban J connectivity index is 1.64. The number of thiocarbonyl (C=S) groups is 1. The molecule has 0 bridgehead atoms. The van der Waals surface area contributed by atoms with E-state index in [1.807, 2.05) is 0 Å². The molecule has 0 aromatic heterocycles. The van der Waals surface area contributed by atoms with Crippen molar-refractivity contribution in [2.24, 2.45) is 0 Å². The van der Waals surface area contributed by atoms with Crippen LogP contribution in [0.3, 0.4) is 0 Å². The fourth-order valence-corrected chi connectivity index (χ4v) is 3.35. The van der Waals surface area contributed by atoms with Crippen molar-refractivity contribution in [1.29, 1.82) is 0 Å². The van der Waals surface area contributed by atoms with Gasteiger partial charge in [-0.15, -0.1) is 0 Å². The first-order valence-corrected chi connectivity index (χ1v) is 8.90. The van der Waals surface area contributed by atoms with E-state index in [9.17, 15) is 14.0 Å². The molecule has 1 N–H and O–H groups in total. The number of aryl methyl sites for hydroxylation is 1. The summed E-state index contributed by atoms with van der Waals surface area (Å²) in [7, 11) is 0. The van der Waals surface area contributed by atoms with Crippen molar-refractivity contribution in [3.05, 3.63) is 29.6 Å². The standard InChI is InChI=1S/C16H19FN2O2S2/c1-11-6-7-12(9-13(11)17)18-14(20)5-3-2-4-8-19-15(21)10-23-16(19)22/h6-7,9H,2-5,8,10H2,1H3,(H,18,20). The Labute approximate surface area is 144 Å². The second kappa shape index (κ2) is 8.40. The minimum Gasteiger partial charge on any atom is -0.326 e. The van der Waals surface area contributed by atoms with Gasteiger partial charge in [-0.25, -0.2) is 4.39 Å². The maximum absolute atomic E-state index is 13.4. The average molecular weight is 354 g/mol. The third-order valence-electron chi connectivity index (χ3n) is 3.58. The number of nitrogens with zero attached hydrogens (tertiary/aromatic N) is 1. The number of anilines is 1. The molecular weight excluding hydrogens is 335 g/mol. The molecule has 0 aliphatic carbocycles. The SMILES string of the molecule is Cc1ccc(NC(=O)CCCCCN2C(=O)CSC2=S)cc1F. The Morgan fingerprint density at radius 2 is 2.17 bits per heavy atom. The molecule has 23 heavy (non-hydrogen) atoms. The molecular formula is C16H19FN2O2S2. The number of amides is 2. The lowest BCUT2D eigenvalue weighted by atomic mass is 10.1. The number of thioether (sulfide) groups is 1. The second-order valence-electron chi connectivity index (χ2n) is 5.42. The molecule has 1 heterocycles. The molecule has 4 nitrogen and oxygen atoms in total. The Hall–Kier alpha value is -1.47. The van der Waals surface area contributed by atoms with E-state index in [1.165, 1.54) is 17.8 Å². The van der Waals surface area contributed by atoms with Gasteiger partial charge < -0.3 is 5.32 Å². The van der Waals surface area contributed by atoms with Gasteiger partial charge in [0.1, 0.15) is 10.1 Å². The fraction of sp³-hybridized carbons (Fsp3) is 0.438. The molecule has 0 atom stereocenters. The Morgan fingerprint density at radius 1 is 1.39 bits per heavy atom. The number of halogens is 1. The maximum Gasteiger partial charge on any atom is 0.238 e. The molecule has 7 heteroatoms. The number of nitrogens with one attached hydrogen (secondary N) is 1. The van der Waals surface area contributed by atoms with Gasteiger partial charge in [0, 0.05) is 18.7 Å². The average Bonchev–Trinajstić information content (AvgIpc) is 2.82. The first-order valence-electron chi connectivity index (χ1n) is 7.50. The van der Waals surface area contributed by atoms with Crippen LogP contribution >= 0.6 is 24.0 Å². The number of rotatable bonds is 7. The molecule has 2 rings (SSSR count). The number of carbonyl (C=O) groups excluding carboxylic acids is 2. The van der Waals surface area contributed by atoms with Crippen LogP contribution in [0.5, 0.6) is 0 Å². The van der Waals surface area contributed by atoms with E-state index in [-0.39, 0.29) is 17.6 Å². The van der Waals surface area contributed by atoms with Crippen LogP contribution in [-0.4, -0.2) is 33.3 Å². The van der Waals surface area contributed by atoms with E-state index in [2.05, 4.69) is 5.32 Å². The molecule has 0 unspecified atom stereocenters. The lowest BCUT2D eigenvalue weighted by molar-refractivity contribution is -0.124. The summed E-state index contributed by atoms with van der Waals surface area (Å²) >= 11 is 6.50. The minimum atomic E-state index is -0.327. The van der Waals surface area contributed by atoms with Crippen molar-refractivity contribution < 1.29 is 14.0 Å². The zero-order chi connectivity index (χ0) is 16.8. The van der Waals surface area contributed by atoms with Crippen molar-refractivity contribution in [3.63, 3.8) is 0 Å². The van der Waals surface area contributed by atoms with Crippen LogP contribution in [0.4, 0.5) is 10.1 Å². The van der Waals surface area contributed by atoms with Gasteiger partial charge in [0.2, 0.25) is 11.8 Å². The normalized spacial score (nSPS) is 14.4. The molecule has 0 radical (unpaired) electrons. The molecule has 1 aromatic rings. The Kier molecular flexibility index (Phi) is 6.53. The van der Waals surface area contributed by atoms with Crippen LogP contribution in [-0.2, 0) is 9.59 Å². The summed E-state index contributed by atoms with van der Waals surface area (Å²) in [6, 6.07) is 4.65. The number of hydrogen-bond acceptors (Lipinski definition) is 4. The van der Waals surface area contributed by atoms with Gasteiger partial charge in [0.15, 0.2) is 0 Å². The summed E-state index contributed by atoms with van der Waals surface area (Å²) in [4.78, 5) is 25.0. The largest absolute Gasteiger partial charge is 0.326 e. The lowest BCUT2D eigenvalue weighted by Gasteiger charge is -2.14. The van der Waals surface area contributed by atoms with Crippen LogP contribution in [0.25, 0.3) is 0 Å². The quantitative estimate of drug-likeness (QED) is 0.601. The fourth-order valence-electron chi connectivity index (χ4n) is 2.22. The first kappa shape index (κ1) is 17.9. The molecule has 1 aliphatic rings. The summed E-state index contributed by atoms with van der Waals surface area (Å²) in [5, 5.41) is 2.69. The molecule has 2 amide bonds. The summed E-state index contributed by atoms with van der Waals surface area (Å²) in [6.45, 7) is 2.30. The van der Waals surface area contributed by atoms with E-state index in [1.54, 1.807) is 24.0 Å². The zero-order valence-electron chi connectivity index (χ0n) is 12.9. The van der Waals surface area contributed by atoms with E-state index < -0.39 is 0 Å². The first-order chi connectivity index (χ1) is 11.0. The predicted octanol–water partition coefficient (Wildman–Crippen LogP) is 3.49. The van der Waals surface area contributed by atoms with Crippen molar-refractivity contribution in [2.45, 2.75) is 32.6 Å². The molecule has 124 valence electrons. The van der Waals surface area contributed by atoms with Crippen LogP contribution in [0.1, 0.15) is 31.2 Å². The van der Waals surface area contributed by atoms with Gasteiger partial charge in [-0.2, -0.15) is 0 Å².